The summed E-state index contributed by atoms with van der Waals surface area (Å²) in [6.07, 6.45) is 2.04. The number of alkyl halides is 1. The second kappa shape index (κ2) is 7.80. The Kier molecular flexibility index (Phi) is 5.46. The van der Waals surface area contributed by atoms with E-state index in [-0.39, 0.29) is 29.9 Å². The normalized spacial score (nSPS) is 17.7. The SMILES string of the molecule is CN(CC(=O)Nc1ncc(C#N)cn1)C(=O)c1ccc(Br)cc1C1CC1F. The van der Waals surface area contributed by atoms with Gasteiger partial charge in [0.25, 0.3) is 5.91 Å². The number of nitrogens with zero attached hydrogens (tertiary/aromatic N) is 4. The fourth-order valence-corrected chi connectivity index (χ4v) is 3.01. The van der Waals surface area contributed by atoms with Gasteiger partial charge in [-0.1, -0.05) is 15.9 Å². The minimum Gasteiger partial charge on any atom is -0.332 e. The van der Waals surface area contributed by atoms with Crippen LogP contribution >= 0.6 is 15.9 Å². The molecular weight excluding hydrogens is 417 g/mol. The topological polar surface area (TPSA) is 99.0 Å². The summed E-state index contributed by atoms with van der Waals surface area (Å²) < 4.78 is 14.3. The molecule has 1 aromatic carbocycles. The van der Waals surface area contributed by atoms with Crippen LogP contribution in [0.15, 0.2) is 35.1 Å². The highest BCUT2D eigenvalue weighted by Crippen LogP contribution is 2.45. The molecule has 2 unspecified atom stereocenters. The fourth-order valence-electron chi connectivity index (χ4n) is 2.63. The molecule has 2 aromatic rings. The van der Waals surface area contributed by atoms with E-state index in [9.17, 15) is 14.0 Å². The van der Waals surface area contributed by atoms with Crippen molar-refractivity contribution in [2.45, 2.75) is 18.5 Å². The van der Waals surface area contributed by atoms with E-state index in [1.165, 1.54) is 24.3 Å². The first kappa shape index (κ1) is 18.9. The summed E-state index contributed by atoms with van der Waals surface area (Å²) in [4.78, 5) is 33.8. The Balaban J connectivity index is 1.67. The summed E-state index contributed by atoms with van der Waals surface area (Å²) in [5, 5.41) is 11.2. The Bertz CT molecular complexity index is 928. The highest BCUT2D eigenvalue weighted by molar-refractivity contribution is 9.10. The van der Waals surface area contributed by atoms with Crippen molar-refractivity contribution in [2.24, 2.45) is 0 Å². The van der Waals surface area contributed by atoms with Gasteiger partial charge in [0.2, 0.25) is 11.9 Å². The van der Waals surface area contributed by atoms with Gasteiger partial charge in [0.1, 0.15) is 12.2 Å². The van der Waals surface area contributed by atoms with Gasteiger partial charge in [-0.15, -0.1) is 0 Å². The number of rotatable bonds is 5. The number of nitrogens with one attached hydrogen (secondary N) is 1. The van der Waals surface area contributed by atoms with Crippen LogP contribution in [-0.2, 0) is 4.79 Å². The van der Waals surface area contributed by atoms with E-state index in [2.05, 4.69) is 31.2 Å². The van der Waals surface area contributed by atoms with E-state index in [1.54, 1.807) is 18.2 Å². The lowest BCUT2D eigenvalue weighted by atomic mass is 10.0. The number of aromatic nitrogens is 2. The molecule has 7 nitrogen and oxygen atoms in total. The van der Waals surface area contributed by atoms with Gasteiger partial charge in [-0.3, -0.25) is 14.9 Å². The molecule has 1 aromatic heterocycles. The van der Waals surface area contributed by atoms with Crippen LogP contribution in [0.2, 0.25) is 0 Å². The molecule has 0 saturated heterocycles. The number of amides is 2. The van der Waals surface area contributed by atoms with Crippen molar-refractivity contribution in [1.82, 2.24) is 14.9 Å². The van der Waals surface area contributed by atoms with Crippen molar-refractivity contribution < 1.29 is 14.0 Å². The predicted octanol–water partition coefficient (Wildman–Crippen LogP) is 2.65. The summed E-state index contributed by atoms with van der Waals surface area (Å²) in [5.74, 6) is -1.09. The minimum atomic E-state index is -0.937. The first-order valence-corrected chi connectivity index (χ1v) is 8.89. The number of anilines is 1. The van der Waals surface area contributed by atoms with Crippen molar-refractivity contribution in [3.05, 3.63) is 51.8 Å². The molecule has 0 radical (unpaired) electrons. The third-order valence-corrected chi connectivity index (χ3v) is 4.61. The average Bonchev–Trinajstić information content (AvgIpc) is 3.38. The third kappa shape index (κ3) is 4.46. The first-order valence-electron chi connectivity index (χ1n) is 8.10. The predicted molar refractivity (Wildman–Crippen MR) is 98.7 cm³/mol. The van der Waals surface area contributed by atoms with Crippen molar-refractivity contribution in [3.8, 4) is 6.07 Å². The zero-order chi connectivity index (χ0) is 19.6. The average molecular weight is 432 g/mol. The van der Waals surface area contributed by atoms with Gasteiger partial charge in [0.05, 0.1) is 24.5 Å². The lowest BCUT2D eigenvalue weighted by molar-refractivity contribution is -0.116. The second-order valence-electron chi connectivity index (χ2n) is 6.21. The molecule has 0 bridgehead atoms. The third-order valence-electron chi connectivity index (χ3n) is 4.12. The molecule has 9 heteroatoms. The molecule has 2 amide bonds. The summed E-state index contributed by atoms with van der Waals surface area (Å²) in [5.41, 5.74) is 1.30. The number of nitriles is 1. The van der Waals surface area contributed by atoms with E-state index in [0.717, 1.165) is 4.47 Å². The van der Waals surface area contributed by atoms with Gasteiger partial charge in [-0.25, -0.2) is 14.4 Å². The van der Waals surface area contributed by atoms with Crippen molar-refractivity contribution in [2.75, 3.05) is 18.9 Å². The number of halogens is 2. The Morgan fingerprint density at radius 3 is 2.67 bits per heavy atom. The van der Waals surface area contributed by atoms with Crippen LogP contribution in [0, 0.1) is 11.3 Å². The molecule has 27 heavy (non-hydrogen) atoms. The summed E-state index contributed by atoms with van der Waals surface area (Å²) in [6, 6.07) is 6.97. The number of hydrogen-bond donors (Lipinski definition) is 1. The Labute approximate surface area is 163 Å². The molecular formula is C18H15BrFN5O2. The number of carbonyl (C=O) groups is 2. The first-order chi connectivity index (χ1) is 12.9. The Morgan fingerprint density at radius 1 is 1.41 bits per heavy atom. The van der Waals surface area contributed by atoms with E-state index in [1.807, 2.05) is 6.07 Å². The summed E-state index contributed by atoms with van der Waals surface area (Å²) in [7, 11) is 1.49. The maximum absolute atomic E-state index is 13.5. The molecule has 2 atom stereocenters. The van der Waals surface area contributed by atoms with Gasteiger partial charge in [-0.2, -0.15) is 5.26 Å². The van der Waals surface area contributed by atoms with Crippen LogP contribution < -0.4 is 5.32 Å². The molecule has 138 valence electrons. The monoisotopic (exact) mass is 431 g/mol. The van der Waals surface area contributed by atoms with Gasteiger partial charge >= 0.3 is 0 Å². The van der Waals surface area contributed by atoms with Crippen LogP contribution in [0.1, 0.15) is 33.8 Å². The second-order valence-corrected chi connectivity index (χ2v) is 7.12. The quantitative estimate of drug-likeness (QED) is 0.784. The van der Waals surface area contributed by atoms with Crippen LogP contribution in [0.5, 0.6) is 0 Å². The standard InChI is InChI=1S/C18H15BrFN5O2/c1-25(9-16(26)24-18-22-7-10(6-21)8-23-18)17(27)12-3-2-11(19)4-13(12)14-5-15(14)20/h2-4,7-8,14-15H,5,9H2,1H3,(H,22,23,24,26). The fraction of sp³-hybridized carbons (Fsp3) is 0.278. The molecule has 3 rings (SSSR count). The van der Waals surface area contributed by atoms with Crippen molar-refractivity contribution in [3.63, 3.8) is 0 Å². The van der Waals surface area contributed by atoms with E-state index in [4.69, 9.17) is 5.26 Å². The molecule has 0 spiro atoms. The number of carbonyl (C=O) groups excluding carboxylic acids is 2. The molecule has 1 heterocycles. The summed E-state index contributed by atoms with van der Waals surface area (Å²) >= 11 is 3.34. The molecule has 1 fully saturated rings. The molecule has 1 aliphatic carbocycles. The Hall–Kier alpha value is -2.86. The van der Waals surface area contributed by atoms with Crippen LogP contribution in [-0.4, -0.2) is 46.4 Å². The number of benzene rings is 1. The highest BCUT2D eigenvalue weighted by atomic mass is 79.9. The molecule has 1 N–H and O–H groups in total. The van der Waals surface area contributed by atoms with Gasteiger partial charge in [0.15, 0.2) is 0 Å². The summed E-state index contributed by atoms with van der Waals surface area (Å²) in [6.45, 7) is -0.221. The highest BCUT2D eigenvalue weighted by Gasteiger charge is 2.41. The smallest absolute Gasteiger partial charge is 0.254 e. The van der Waals surface area contributed by atoms with Gasteiger partial charge < -0.3 is 4.90 Å². The van der Waals surface area contributed by atoms with Crippen molar-refractivity contribution in [1.29, 1.82) is 5.26 Å². The Morgan fingerprint density at radius 2 is 2.07 bits per heavy atom. The van der Waals surface area contributed by atoms with E-state index >= 15 is 0 Å². The van der Waals surface area contributed by atoms with Crippen LogP contribution in [0.25, 0.3) is 0 Å². The van der Waals surface area contributed by atoms with Crippen molar-refractivity contribution >= 4 is 33.7 Å². The lowest BCUT2D eigenvalue weighted by Gasteiger charge is -2.18. The zero-order valence-electron chi connectivity index (χ0n) is 14.3. The maximum atomic E-state index is 13.5. The zero-order valence-corrected chi connectivity index (χ0v) is 15.9. The number of likely N-dealkylation sites (N-methyl/N-ethyl adjacent to an activating group) is 1. The number of hydrogen-bond acceptors (Lipinski definition) is 5. The van der Waals surface area contributed by atoms with Crippen LogP contribution in [0.3, 0.4) is 0 Å². The van der Waals surface area contributed by atoms with E-state index in [0.29, 0.717) is 17.5 Å². The minimum absolute atomic E-state index is 0.0439. The van der Waals surface area contributed by atoms with Crippen LogP contribution in [0.4, 0.5) is 10.3 Å². The molecule has 1 aliphatic rings. The largest absolute Gasteiger partial charge is 0.332 e. The van der Waals surface area contributed by atoms with Gasteiger partial charge in [-0.05, 0) is 30.2 Å². The lowest BCUT2D eigenvalue weighted by Crippen LogP contribution is -2.35. The van der Waals surface area contributed by atoms with E-state index < -0.39 is 12.1 Å². The maximum Gasteiger partial charge on any atom is 0.254 e. The molecule has 0 aliphatic heterocycles. The van der Waals surface area contributed by atoms with Gasteiger partial charge in [0, 0.05) is 23.0 Å². The molecule has 1 saturated carbocycles.